The van der Waals surface area contributed by atoms with Gasteiger partial charge in [0.1, 0.15) is 0 Å². The maximum absolute atomic E-state index is 12.9. The van der Waals surface area contributed by atoms with Crippen molar-refractivity contribution in [3.8, 4) is 22.5 Å². The Hall–Kier alpha value is -3.61. The molecule has 6 heteroatoms. The minimum Gasteiger partial charge on any atom is -0.304 e. The number of hydrogen-bond donors (Lipinski definition) is 1. The topological polar surface area (TPSA) is 61.4 Å². The van der Waals surface area contributed by atoms with E-state index in [1.807, 2.05) is 83.9 Å². The van der Waals surface area contributed by atoms with Crippen molar-refractivity contribution in [1.82, 2.24) is 25.3 Å². The summed E-state index contributed by atoms with van der Waals surface area (Å²) in [6.45, 7) is 3.50. The number of rotatable bonds is 4. The van der Waals surface area contributed by atoms with Gasteiger partial charge in [0.05, 0.1) is 22.4 Å². The Morgan fingerprint density at radius 3 is 1.91 bits per heavy atom. The highest BCUT2D eigenvalue weighted by atomic mass is 16.2. The van der Waals surface area contributed by atoms with Crippen molar-refractivity contribution in [3.63, 3.8) is 0 Å². The molecule has 3 aromatic carbocycles. The molecule has 1 saturated heterocycles. The average molecular weight is 424 g/mol. The molecule has 0 bridgehead atoms. The molecule has 0 saturated carbocycles. The zero-order chi connectivity index (χ0) is 21.9. The molecule has 0 unspecified atom stereocenters. The molecular weight excluding hydrogens is 398 g/mol. The number of nitrogens with zero attached hydrogens (tertiary/aromatic N) is 4. The molecule has 0 spiro atoms. The molecule has 5 rings (SSSR count). The maximum atomic E-state index is 12.9. The van der Waals surface area contributed by atoms with E-state index >= 15 is 0 Å². The van der Waals surface area contributed by atoms with Gasteiger partial charge in [-0.2, -0.15) is 0 Å². The minimum absolute atomic E-state index is 0.119. The molecule has 2 heterocycles. The van der Waals surface area contributed by atoms with E-state index in [2.05, 4.69) is 17.4 Å². The van der Waals surface area contributed by atoms with Crippen molar-refractivity contribution in [2.45, 2.75) is 0 Å². The highest BCUT2D eigenvalue weighted by Crippen LogP contribution is 2.31. The van der Waals surface area contributed by atoms with Gasteiger partial charge < -0.3 is 4.90 Å². The molecule has 32 heavy (non-hydrogen) atoms. The van der Waals surface area contributed by atoms with Crippen LogP contribution in [0.4, 0.5) is 0 Å². The number of hydrogen-bond acceptors (Lipinski definition) is 5. The molecule has 1 aliphatic rings. The molecule has 0 atom stereocenters. The summed E-state index contributed by atoms with van der Waals surface area (Å²) in [6, 6.07) is 25.7. The molecule has 4 aromatic rings. The third-order valence-corrected chi connectivity index (χ3v) is 5.78. The zero-order valence-corrected chi connectivity index (χ0v) is 18.0. The lowest BCUT2D eigenvalue weighted by Gasteiger charge is -2.32. The van der Waals surface area contributed by atoms with E-state index in [0.29, 0.717) is 11.1 Å². The van der Waals surface area contributed by atoms with Crippen LogP contribution in [0.5, 0.6) is 0 Å². The van der Waals surface area contributed by atoms with E-state index in [4.69, 9.17) is 9.97 Å². The highest BCUT2D eigenvalue weighted by Gasteiger charge is 2.18. The Morgan fingerprint density at radius 2 is 1.31 bits per heavy atom. The fourth-order valence-corrected chi connectivity index (χ4v) is 3.92. The summed E-state index contributed by atoms with van der Waals surface area (Å²) in [5.74, 6) is -0.119. The number of likely N-dealkylation sites (N-methyl/N-ethyl adjacent to an activating group) is 1. The number of hydrazine groups is 1. The van der Waals surface area contributed by atoms with Gasteiger partial charge in [0, 0.05) is 42.9 Å². The fourth-order valence-electron chi connectivity index (χ4n) is 3.92. The Morgan fingerprint density at radius 1 is 0.750 bits per heavy atom. The number of piperazine rings is 1. The van der Waals surface area contributed by atoms with Gasteiger partial charge in [0.25, 0.3) is 5.91 Å². The van der Waals surface area contributed by atoms with Gasteiger partial charge in [-0.25, -0.2) is 15.0 Å². The lowest BCUT2D eigenvalue weighted by Crippen LogP contribution is -2.52. The van der Waals surface area contributed by atoms with E-state index < -0.39 is 0 Å². The summed E-state index contributed by atoms with van der Waals surface area (Å²) in [4.78, 5) is 25.0. The van der Waals surface area contributed by atoms with E-state index in [0.717, 1.165) is 54.2 Å². The van der Waals surface area contributed by atoms with Crippen LogP contribution in [0.1, 0.15) is 10.4 Å². The first-order chi connectivity index (χ1) is 15.7. The fraction of sp³-hybridized carbons (Fsp3) is 0.192. The van der Waals surface area contributed by atoms with Gasteiger partial charge in [-0.05, 0) is 25.2 Å². The van der Waals surface area contributed by atoms with Crippen LogP contribution in [0.2, 0.25) is 0 Å². The summed E-state index contributed by atoms with van der Waals surface area (Å²) in [7, 11) is 2.09. The second-order valence-electron chi connectivity index (χ2n) is 8.09. The highest BCUT2D eigenvalue weighted by molar-refractivity contribution is 5.97. The Balaban J connectivity index is 1.52. The predicted molar refractivity (Wildman–Crippen MR) is 127 cm³/mol. The first-order valence-electron chi connectivity index (χ1n) is 10.8. The Labute approximate surface area is 187 Å². The van der Waals surface area contributed by atoms with Crippen molar-refractivity contribution in [2.24, 2.45) is 0 Å². The predicted octanol–water partition coefficient (Wildman–Crippen LogP) is 3.86. The quantitative estimate of drug-likeness (QED) is 0.540. The second kappa shape index (κ2) is 8.86. The van der Waals surface area contributed by atoms with Crippen molar-refractivity contribution in [3.05, 3.63) is 84.4 Å². The minimum atomic E-state index is -0.119. The van der Waals surface area contributed by atoms with Gasteiger partial charge in [0.15, 0.2) is 0 Å². The summed E-state index contributed by atoms with van der Waals surface area (Å²) >= 11 is 0. The molecule has 1 N–H and O–H groups in total. The second-order valence-corrected chi connectivity index (χ2v) is 8.09. The van der Waals surface area contributed by atoms with E-state index in [1.54, 1.807) is 0 Å². The number of amides is 1. The van der Waals surface area contributed by atoms with E-state index in [-0.39, 0.29) is 5.91 Å². The van der Waals surface area contributed by atoms with Gasteiger partial charge in [-0.1, -0.05) is 60.7 Å². The monoisotopic (exact) mass is 423 g/mol. The van der Waals surface area contributed by atoms with Crippen molar-refractivity contribution < 1.29 is 4.79 Å². The molecule has 1 aromatic heterocycles. The summed E-state index contributed by atoms with van der Waals surface area (Å²) in [6.07, 6.45) is 0. The van der Waals surface area contributed by atoms with Crippen LogP contribution in [0.15, 0.2) is 78.9 Å². The number of carbonyl (C=O) groups is 1. The van der Waals surface area contributed by atoms with Crippen molar-refractivity contribution in [1.29, 1.82) is 0 Å². The summed E-state index contributed by atoms with van der Waals surface area (Å²) < 4.78 is 0. The third-order valence-electron chi connectivity index (χ3n) is 5.78. The zero-order valence-electron chi connectivity index (χ0n) is 18.0. The molecular formula is C26H25N5O. The lowest BCUT2D eigenvalue weighted by molar-refractivity contribution is 0.0662. The van der Waals surface area contributed by atoms with Crippen LogP contribution in [0, 0.1) is 0 Å². The van der Waals surface area contributed by atoms with E-state index in [9.17, 15) is 4.79 Å². The van der Waals surface area contributed by atoms with Crippen molar-refractivity contribution in [2.75, 3.05) is 33.2 Å². The standard InChI is InChI=1S/C26H25N5O/c1-30-14-16-31(17-15-30)29-26(32)21-12-13-22-23(18-21)28-25(20-10-6-3-7-11-20)24(27-22)19-8-4-2-5-9-19/h2-13,18H,14-17H2,1H3,(H,29,32). The Bertz CT molecular complexity index is 1240. The maximum Gasteiger partial charge on any atom is 0.265 e. The summed E-state index contributed by atoms with van der Waals surface area (Å²) in [5, 5.41) is 1.98. The Kier molecular flexibility index (Phi) is 5.62. The number of aromatic nitrogens is 2. The van der Waals surface area contributed by atoms with Crippen LogP contribution >= 0.6 is 0 Å². The number of fused-ring (bicyclic) bond motifs is 1. The van der Waals surface area contributed by atoms with Gasteiger partial charge in [-0.3, -0.25) is 10.2 Å². The summed E-state index contributed by atoms with van der Waals surface area (Å²) in [5.41, 5.74) is 8.72. The average Bonchev–Trinajstić information content (AvgIpc) is 2.85. The van der Waals surface area contributed by atoms with Gasteiger partial charge in [-0.15, -0.1) is 0 Å². The largest absolute Gasteiger partial charge is 0.304 e. The molecule has 1 amide bonds. The van der Waals surface area contributed by atoms with Crippen LogP contribution in [-0.2, 0) is 0 Å². The van der Waals surface area contributed by atoms with E-state index in [1.165, 1.54) is 0 Å². The molecule has 160 valence electrons. The molecule has 0 aliphatic carbocycles. The number of carbonyl (C=O) groups excluding carboxylic acids is 1. The molecule has 6 nitrogen and oxygen atoms in total. The van der Waals surface area contributed by atoms with Gasteiger partial charge in [0.2, 0.25) is 0 Å². The molecule has 1 fully saturated rings. The first kappa shape index (κ1) is 20.3. The van der Waals surface area contributed by atoms with Crippen LogP contribution in [-0.4, -0.2) is 59.0 Å². The van der Waals surface area contributed by atoms with Crippen LogP contribution in [0.25, 0.3) is 33.5 Å². The first-order valence-corrected chi connectivity index (χ1v) is 10.8. The lowest BCUT2D eigenvalue weighted by atomic mass is 10.0. The van der Waals surface area contributed by atoms with Crippen molar-refractivity contribution >= 4 is 16.9 Å². The van der Waals surface area contributed by atoms with Crippen LogP contribution < -0.4 is 5.43 Å². The third kappa shape index (κ3) is 4.23. The number of benzene rings is 3. The molecule has 0 radical (unpaired) electrons. The van der Waals surface area contributed by atoms with Gasteiger partial charge >= 0.3 is 0 Å². The smallest absolute Gasteiger partial charge is 0.265 e. The van der Waals surface area contributed by atoms with Crippen LogP contribution in [0.3, 0.4) is 0 Å². The number of nitrogens with one attached hydrogen (secondary N) is 1. The molecule has 1 aliphatic heterocycles. The SMILES string of the molecule is CN1CCN(NC(=O)c2ccc3nc(-c4ccccc4)c(-c4ccccc4)nc3c2)CC1. The normalized spacial score (nSPS) is 15.0.